The van der Waals surface area contributed by atoms with Crippen molar-refractivity contribution >= 4 is 0 Å². The van der Waals surface area contributed by atoms with E-state index in [1.807, 2.05) is 30.3 Å². The predicted octanol–water partition coefficient (Wildman–Crippen LogP) is 3.79. The van der Waals surface area contributed by atoms with Crippen molar-refractivity contribution in [3.63, 3.8) is 0 Å². The molecular weight excluding hydrogens is 222 g/mol. The van der Waals surface area contributed by atoms with Crippen LogP contribution in [0.5, 0.6) is 0 Å². The number of hydrogen-bond acceptors (Lipinski definition) is 1. The largest absolute Gasteiger partial charge is 0.393 e. The summed E-state index contributed by atoms with van der Waals surface area (Å²) in [6.45, 7) is 3.00. The smallest absolute Gasteiger partial charge is 0.269 e. The molecule has 0 aromatic heterocycles. The van der Waals surface area contributed by atoms with Crippen molar-refractivity contribution in [2.24, 2.45) is 5.92 Å². The summed E-state index contributed by atoms with van der Waals surface area (Å²) in [4.78, 5) is 0. The fourth-order valence-corrected chi connectivity index (χ4v) is 1.67. The molecule has 0 aliphatic carbocycles. The topological polar surface area (TPSA) is 20.2 Å². The summed E-state index contributed by atoms with van der Waals surface area (Å²) < 4.78 is 24.7. The molecule has 0 amide bonds. The van der Waals surface area contributed by atoms with E-state index >= 15 is 0 Å². The molecule has 0 heterocycles. The van der Waals surface area contributed by atoms with E-state index in [9.17, 15) is 13.9 Å². The minimum absolute atomic E-state index is 0.0226. The average molecular weight is 240 g/mol. The second kappa shape index (κ2) is 6.50. The normalized spacial score (nSPS) is 14.2. The molecule has 0 radical (unpaired) electrons. The molecule has 2 atom stereocenters. The Morgan fingerprint density at radius 3 is 2.35 bits per heavy atom. The molecule has 94 valence electrons. The molecule has 0 aliphatic heterocycles. The molecule has 1 aromatic rings. The van der Waals surface area contributed by atoms with Gasteiger partial charge in [-0.25, -0.2) is 0 Å². The standard InChI is InChI=1S/C14H18F2O/c1-10(11(2)14(15)16)13(17)9-8-12-6-4-3-5-7-12/h3-7,10,13,17H,8-9H2,1-2H3/t10-,13-/m0/s1. The molecule has 0 spiro atoms. The van der Waals surface area contributed by atoms with E-state index in [4.69, 9.17) is 0 Å². The molecule has 17 heavy (non-hydrogen) atoms. The molecule has 0 saturated heterocycles. The third-order valence-corrected chi connectivity index (χ3v) is 3.13. The van der Waals surface area contributed by atoms with Crippen molar-refractivity contribution in [1.82, 2.24) is 0 Å². The maximum Gasteiger partial charge on any atom is 0.269 e. The van der Waals surface area contributed by atoms with Crippen LogP contribution in [0.3, 0.4) is 0 Å². The number of hydrogen-bond donors (Lipinski definition) is 1. The highest BCUT2D eigenvalue weighted by atomic mass is 19.3. The van der Waals surface area contributed by atoms with Gasteiger partial charge in [-0.3, -0.25) is 0 Å². The van der Waals surface area contributed by atoms with Gasteiger partial charge in [-0.05, 0) is 30.9 Å². The van der Waals surface area contributed by atoms with E-state index in [0.717, 1.165) is 5.56 Å². The van der Waals surface area contributed by atoms with Crippen LogP contribution in [0.4, 0.5) is 8.78 Å². The third-order valence-electron chi connectivity index (χ3n) is 3.13. The van der Waals surface area contributed by atoms with Crippen LogP contribution in [0.25, 0.3) is 0 Å². The van der Waals surface area contributed by atoms with Crippen LogP contribution in [0.2, 0.25) is 0 Å². The Labute approximate surface area is 101 Å². The monoisotopic (exact) mass is 240 g/mol. The van der Waals surface area contributed by atoms with E-state index in [1.54, 1.807) is 6.92 Å². The van der Waals surface area contributed by atoms with E-state index < -0.39 is 18.1 Å². The predicted molar refractivity (Wildman–Crippen MR) is 64.8 cm³/mol. The molecule has 0 fully saturated rings. The van der Waals surface area contributed by atoms with Crippen molar-refractivity contribution in [3.8, 4) is 0 Å². The van der Waals surface area contributed by atoms with Crippen molar-refractivity contribution in [2.75, 3.05) is 0 Å². The molecule has 1 aromatic carbocycles. The second-order valence-corrected chi connectivity index (χ2v) is 4.32. The van der Waals surface area contributed by atoms with Gasteiger partial charge in [0.1, 0.15) is 0 Å². The van der Waals surface area contributed by atoms with Crippen LogP contribution in [-0.2, 0) is 6.42 Å². The van der Waals surface area contributed by atoms with Crippen molar-refractivity contribution in [1.29, 1.82) is 0 Å². The highest BCUT2D eigenvalue weighted by Crippen LogP contribution is 2.22. The first-order chi connectivity index (χ1) is 8.02. The maximum absolute atomic E-state index is 12.4. The molecule has 3 heteroatoms. The van der Waals surface area contributed by atoms with Gasteiger partial charge < -0.3 is 5.11 Å². The fraction of sp³-hybridized carbons (Fsp3) is 0.429. The summed E-state index contributed by atoms with van der Waals surface area (Å²) in [6, 6.07) is 9.72. The summed E-state index contributed by atoms with van der Waals surface area (Å²) >= 11 is 0. The first kappa shape index (κ1) is 13.8. The Morgan fingerprint density at radius 1 is 1.24 bits per heavy atom. The van der Waals surface area contributed by atoms with Crippen LogP contribution in [-0.4, -0.2) is 11.2 Å². The molecule has 0 aliphatic rings. The SMILES string of the molecule is CC(=C(F)F)[C@H](C)[C@@H](O)CCc1ccccc1. The molecular formula is C14H18F2O. The van der Waals surface area contributed by atoms with Gasteiger partial charge in [0.2, 0.25) is 0 Å². The third kappa shape index (κ3) is 4.27. The molecule has 1 nitrogen and oxygen atoms in total. The summed E-state index contributed by atoms with van der Waals surface area (Å²) in [5.41, 5.74) is 1.09. The zero-order chi connectivity index (χ0) is 12.8. The lowest BCUT2D eigenvalue weighted by atomic mass is 9.93. The van der Waals surface area contributed by atoms with Crippen LogP contribution in [0, 0.1) is 5.92 Å². The summed E-state index contributed by atoms with van der Waals surface area (Å²) in [7, 11) is 0. The molecule has 0 bridgehead atoms. The molecule has 1 N–H and O–H groups in total. The van der Waals surface area contributed by atoms with Gasteiger partial charge in [0.25, 0.3) is 6.08 Å². The second-order valence-electron chi connectivity index (χ2n) is 4.32. The Hall–Kier alpha value is -1.22. The molecule has 0 saturated carbocycles. The first-order valence-electron chi connectivity index (χ1n) is 5.76. The summed E-state index contributed by atoms with van der Waals surface area (Å²) in [5, 5.41) is 9.83. The van der Waals surface area contributed by atoms with Gasteiger partial charge in [-0.2, -0.15) is 8.78 Å². The Morgan fingerprint density at radius 2 is 1.82 bits per heavy atom. The van der Waals surface area contributed by atoms with E-state index in [0.29, 0.717) is 12.8 Å². The number of benzene rings is 1. The number of rotatable bonds is 5. The van der Waals surface area contributed by atoms with Gasteiger partial charge >= 0.3 is 0 Å². The van der Waals surface area contributed by atoms with Gasteiger partial charge in [0.05, 0.1) is 6.10 Å². The van der Waals surface area contributed by atoms with E-state index in [-0.39, 0.29) is 5.57 Å². The molecule has 1 rings (SSSR count). The fourth-order valence-electron chi connectivity index (χ4n) is 1.67. The Balaban J connectivity index is 2.50. The lowest BCUT2D eigenvalue weighted by molar-refractivity contribution is 0.120. The highest BCUT2D eigenvalue weighted by molar-refractivity contribution is 5.15. The Bertz CT molecular complexity index is 369. The minimum Gasteiger partial charge on any atom is -0.393 e. The zero-order valence-electron chi connectivity index (χ0n) is 10.2. The zero-order valence-corrected chi connectivity index (χ0v) is 10.2. The van der Waals surface area contributed by atoms with Crippen molar-refractivity contribution in [2.45, 2.75) is 32.8 Å². The first-order valence-corrected chi connectivity index (χ1v) is 5.76. The lowest BCUT2D eigenvalue weighted by Gasteiger charge is -2.18. The van der Waals surface area contributed by atoms with Crippen molar-refractivity contribution in [3.05, 3.63) is 47.5 Å². The summed E-state index contributed by atoms with van der Waals surface area (Å²) in [6.07, 6.45) is -1.21. The van der Waals surface area contributed by atoms with E-state index in [1.165, 1.54) is 6.92 Å². The Kier molecular flexibility index (Phi) is 5.29. The van der Waals surface area contributed by atoms with Crippen LogP contribution < -0.4 is 0 Å². The van der Waals surface area contributed by atoms with Crippen LogP contribution >= 0.6 is 0 Å². The van der Waals surface area contributed by atoms with Crippen molar-refractivity contribution < 1.29 is 13.9 Å². The highest BCUT2D eigenvalue weighted by Gasteiger charge is 2.18. The van der Waals surface area contributed by atoms with Crippen LogP contribution in [0.1, 0.15) is 25.8 Å². The average Bonchev–Trinajstić information content (AvgIpc) is 2.35. The quantitative estimate of drug-likeness (QED) is 0.830. The summed E-state index contributed by atoms with van der Waals surface area (Å²) in [5.74, 6) is -0.497. The van der Waals surface area contributed by atoms with Gasteiger partial charge in [0, 0.05) is 5.92 Å². The van der Waals surface area contributed by atoms with Gasteiger partial charge in [0.15, 0.2) is 0 Å². The number of aliphatic hydroxyl groups is 1. The van der Waals surface area contributed by atoms with Crippen LogP contribution in [0.15, 0.2) is 42.0 Å². The minimum atomic E-state index is -1.68. The van der Waals surface area contributed by atoms with Gasteiger partial charge in [-0.15, -0.1) is 0 Å². The lowest BCUT2D eigenvalue weighted by Crippen LogP contribution is -2.19. The maximum atomic E-state index is 12.4. The number of aliphatic hydroxyl groups excluding tert-OH is 1. The number of aryl methyl sites for hydroxylation is 1. The van der Waals surface area contributed by atoms with E-state index in [2.05, 4.69) is 0 Å². The number of halogens is 2. The molecule has 0 unspecified atom stereocenters. The van der Waals surface area contributed by atoms with Gasteiger partial charge in [-0.1, -0.05) is 37.3 Å².